The van der Waals surface area contributed by atoms with Gasteiger partial charge in [0.15, 0.2) is 0 Å². The van der Waals surface area contributed by atoms with E-state index in [1.54, 1.807) is 0 Å². The van der Waals surface area contributed by atoms with E-state index in [0.29, 0.717) is 0 Å². The van der Waals surface area contributed by atoms with Crippen LogP contribution in [0.3, 0.4) is 0 Å². The average molecular weight is 228 g/mol. The van der Waals surface area contributed by atoms with E-state index >= 15 is 0 Å². The molecule has 0 bridgehead atoms. The zero-order chi connectivity index (χ0) is 11.7. The van der Waals surface area contributed by atoms with Gasteiger partial charge >= 0.3 is 0 Å². The van der Waals surface area contributed by atoms with E-state index in [-0.39, 0.29) is 0 Å². The van der Waals surface area contributed by atoms with Crippen LogP contribution in [0.25, 0.3) is 5.57 Å². The van der Waals surface area contributed by atoms with Crippen LogP contribution in [-0.4, -0.2) is 0 Å². The highest BCUT2D eigenvalue weighted by molar-refractivity contribution is 7.27. The van der Waals surface area contributed by atoms with Gasteiger partial charge in [-0.15, -0.1) is 9.24 Å². The third-order valence-electron chi connectivity index (χ3n) is 2.93. The molecule has 1 aromatic carbocycles. The van der Waals surface area contributed by atoms with Crippen LogP contribution in [0.1, 0.15) is 24.5 Å². The first kappa shape index (κ1) is 11.4. The van der Waals surface area contributed by atoms with Crippen molar-refractivity contribution >= 4 is 20.1 Å². The summed E-state index contributed by atoms with van der Waals surface area (Å²) in [6.07, 6.45) is 4.34. The minimum absolute atomic E-state index is 1.08. The van der Waals surface area contributed by atoms with Gasteiger partial charge in [0.2, 0.25) is 0 Å². The fourth-order valence-electron chi connectivity index (χ4n) is 2.16. The van der Waals surface area contributed by atoms with Crippen LogP contribution in [0.15, 0.2) is 48.6 Å². The second-order valence-electron chi connectivity index (χ2n) is 4.41. The van der Waals surface area contributed by atoms with Gasteiger partial charge in [0.1, 0.15) is 0 Å². The highest BCUT2D eigenvalue weighted by atomic mass is 31.0. The molecule has 16 heavy (non-hydrogen) atoms. The van der Waals surface area contributed by atoms with Gasteiger partial charge < -0.3 is 0 Å². The summed E-state index contributed by atoms with van der Waals surface area (Å²) in [6, 6.07) is 6.53. The Balaban J connectivity index is 2.44. The zero-order valence-corrected chi connectivity index (χ0v) is 10.9. The van der Waals surface area contributed by atoms with Gasteiger partial charge in [0.25, 0.3) is 0 Å². The Hall–Kier alpha value is -1.13. The van der Waals surface area contributed by atoms with Crippen molar-refractivity contribution in [2.45, 2.75) is 19.8 Å². The van der Waals surface area contributed by atoms with Crippen LogP contribution in [-0.2, 0) is 6.42 Å². The quantitative estimate of drug-likeness (QED) is 0.644. The zero-order valence-electron chi connectivity index (χ0n) is 9.72. The monoisotopic (exact) mass is 228 g/mol. The molecule has 0 radical (unpaired) electrons. The first-order valence-corrected chi connectivity index (χ1v) is 6.10. The van der Waals surface area contributed by atoms with Crippen LogP contribution in [0.5, 0.6) is 0 Å². The highest BCUT2D eigenvalue weighted by Crippen LogP contribution is 2.33. The van der Waals surface area contributed by atoms with Crippen molar-refractivity contribution in [3.05, 3.63) is 59.7 Å². The van der Waals surface area contributed by atoms with Crippen molar-refractivity contribution in [1.29, 1.82) is 0 Å². The lowest BCUT2D eigenvalue weighted by Crippen LogP contribution is -2.07. The summed E-state index contributed by atoms with van der Waals surface area (Å²) in [7, 11) is 2.75. The van der Waals surface area contributed by atoms with E-state index in [9.17, 15) is 0 Å². The Morgan fingerprint density at radius 2 is 2.12 bits per heavy atom. The lowest BCUT2D eigenvalue weighted by atomic mass is 9.84. The van der Waals surface area contributed by atoms with Crippen molar-refractivity contribution in [3.8, 4) is 0 Å². The van der Waals surface area contributed by atoms with Crippen molar-refractivity contribution in [2.24, 2.45) is 0 Å². The number of hydrogen-bond donors (Lipinski definition) is 0. The largest absolute Gasteiger partial charge is 0.106 e. The molecule has 0 saturated heterocycles. The van der Waals surface area contributed by atoms with E-state index in [2.05, 4.69) is 46.7 Å². The first-order valence-electron chi connectivity index (χ1n) is 5.52. The number of aryl methyl sites for hydroxylation is 1. The van der Waals surface area contributed by atoms with Crippen LogP contribution < -0.4 is 5.30 Å². The Morgan fingerprint density at radius 1 is 1.38 bits per heavy atom. The Morgan fingerprint density at radius 3 is 2.81 bits per heavy atom. The predicted molar refractivity (Wildman–Crippen MR) is 76.0 cm³/mol. The van der Waals surface area contributed by atoms with E-state index in [4.69, 9.17) is 0 Å². The minimum atomic E-state index is 1.08. The molecule has 1 aliphatic carbocycles. The summed E-state index contributed by atoms with van der Waals surface area (Å²) >= 11 is 0. The topological polar surface area (TPSA) is 0 Å². The molecule has 0 spiro atoms. The average Bonchev–Trinajstić information content (AvgIpc) is 2.22. The number of rotatable bonds is 1. The van der Waals surface area contributed by atoms with Gasteiger partial charge in [-0.25, -0.2) is 0 Å². The molecule has 0 nitrogen and oxygen atoms in total. The summed E-state index contributed by atoms with van der Waals surface area (Å²) in [5, 5.41) is 1.25. The summed E-state index contributed by atoms with van der Waals surface area (Å²) in [5.74, 6) is 0. The van der Waals surface area contributed by atoms with Gasteiger partial charge in [-0.05, 0) is 47.3 Å². The smallest absolute Gasteiger partial charge is 0.0155 e. The molecule has 82 valence electrons. The SMILES string of the molecule is C=C(C)/C=C1/CCc2cc(P)ccc2C1=C. The van der Waals surface area contributed by atoms with Gasteiger partial charge in [0.05, 0.1) is 0 Å². The fraction of sp³-hybridized carbons (Fsp3) is 0.200. The first-order chi connectivity index (χ1) is 7.58. The maximum Gasteiger partial charge on any atom is -0.0155 e. The number of benzene rings is 1. The second kappa shape index (κ2) is 4.39. The molecule has 0 fully saturated rings. The maximum absolute atomic E-state index is 4.20. The van der Waals surface area contributed by atoms with E-state index < -0.39 is 0 Å². The molecule has 1 heteroatoms. The molecular weight excluding hydrogens is 211 g/mol. The molecule has 0 saturated carbocycles. The number of fused-ring (bicyclic) bond motifs is 1. The Labute approximate surface area is 100.0 Å². The molecule has 1 atom stereocenters. The highest BCUT2D eigenvalue weighted by Gasteiger charge is 2.16. The summed E-state index contributed by atoms with van der Waals surface area (Å²) < 4.78 is 0. The molecule has 0 aliphatic heterocycles. The van der Waals surface area contributed by atoms with Crippen molar-refractivity contribution in [2.75, 3.05) is 0 Å². The lowest BCUT2D eigenvalue weighted by Gasteiger charge is -2.21. The third-order valence-corrected chi connectivity index (χ3v) is 3.29. The van der Waals surface area contributed by atoms with E-state index in [1.807, 2.05) is 6.92 Å². The van der Waals surface area contributed by atoms with Gasteiger partial charge in [-0.2, -0.15) is 0 Å². The lowest BCUT2D eigenvalue weighted by molar-refractivity contribution is 0.940. The molecule has 0 N–H and O–H groups in total. The summed E-state index contributed by atoms with van der Waals surface area (Å²) in [4.78, 5) is 0. The van der Waals surface area contributed by atoms with Gasteiger partial charge in [-0.3, -0.25) is 0 Å². The molecule has 1 unspecified atom stereocenters. The minimum Gasteiger partial charge on any atom is -0.106 e. The summed E-state index contributed by atoms with van der Waals surface area (Å²) in [5.41, 5.74) is 6.30. The van der Waals surface area contributed by atoms with Crippen LogP contribution in [0.2, 0.25) is 0 Å². The molecule has 1 aromatic rings. The maximum atomic E-state index is 4.20. The van der Waals surface area contributed by atoms with Crippen LogP contribution >= 0.6 is 9.24 Å². The van der Waals surface area contributed by atoms with Gasteiger partial charge in [-0.1, -0.05) is 43.0 Å². The third kappa shape index (κ3) is 2.18. The molecule has 2 rings (SSSR count). The van der Waals surface area contributed by atoms with Crippen molar-refractivity contribution in [1.82, 2.24) is 0 Å². The normalized spacial score (nSPS) is 17.4. The van der Waals surface area contributed by atoms with Gasteiger partial charge in [0, 0.05) is 0 Å². The molecule has 1 aliphatic rings. The predicted octanol–water partition coefficient (Wildman–Crippen LogP) is 3.65. The van der Waals surface area contributed by atoms with E-state index in [0.717, 1.165) is 24.0 Å². The number of hydrogen-bond acceptors (Lipinski definition) is 0. The summed E-state index contributed by atoms with van der Waals surface area (Å²) in [6.45, 7) is 10.2. The Kier molecular flexibility index (Phi) is 3.12. The standard InChI is InChI=1S/C15H17P/c1-10(2)8-12-4-5-13-9-14(16)6-7-15(13)11(12)3/h6-9H,1,3-5,16H2,2H3/b12-8-. The van der Waals surface area contributed by atoms with E-state index in [1.165, 1.54) is 22.0 Å². The van der Waals surface area contributed by atoms with Crippen LogP contribution in [0, 0.1) is 0 Å². The number of allylic oxidation sites excluding steroid dienone is 4. The van der Waals surface area contributed by atoms with Crippen molar-refractivity contribution < 1.29 is 0 Å². The molecular formula is C15H17P. The fourth-order valence-corrected chi connectivity index (χ4v) is 2.46. The molecule has 0 amide bonds. The molecule has 0 aromatic heterocycles. The Bertz CT molecular complexity index is 492. The molecule has 0 heterocycles. The van der Waals surface area contributed by atoms with Crippen molar-refractivity contribution in [3.63, 3.8) is 0 Å². The second-order valence-corrected chi connectivity index (χ2v) is 5.08. The van der Waals surface area contributed by atoms with Crippen LogP contribution in [0.4, 0.5) is 0 Å².